The Morgan fingerprint density at radius 2 is 2.17 bits per heavy atom. The Kier molecular flexibility index (Phi) is 2.40. The van der Waals surface area contributed by atoms with Gasteiger partial charge >= 0.3 is 5.97 Å². The molecular weight excluding hydrogens is 228 g/mol. The number of imidazole rings is 1. The van der Waals surface area contributed by atoms with Gasteiger partial charge in [-0.1, -0.05) is 19.9 Å². The number of carboxylic acid groups (broad SMARTS) is 1. The summed E-state index contributed by atoms with van der Waals surface area (Å²) < 4.78 is 0. The molecule has 1 aromatic carbocycles. The van der Waals surface area contributed by atoms with Gasteiger partial charge in [0, 0.05) is 5.92 Å². The molecule has 2 aromatic rings. The van der Waals surface area contributed by atoms with E-state index in [4.69, 9.17) is 0 Å². The zero-order valence-electron chi connectivity index (χ0n) is 10.5. The molecule has 1 aliphatic rings. The van der Waals surface area contributed by atoms with E-state index in [0.29, 0.717) is 22.9 Å². The zero-order valence-corrected chi connectivity index (χ0v) is 10.5. The van der Waals surface area contributed by atoms with Gasteiger partial charge in [0.05, 0.1) is 16.6 Å². The maximum atomic E-state index is 11.2. The molecule has 1 aliphatic carbocycles. The van der Waals surface area contributed by atoms with Gasteiger partial charge in [-0.3, -0.25) is 0 Å². The second-order valence-electron chi connectivity index (χ2n) is 5.28. The summed E-state index contributed by atoms with van der Waals surface area (Å²) >= 11 is 0. The number of aromatic carboxylic acids is 1. The molecule has 0 radical (unpaired) electrons. The van der Waals surface area contributed by atoms with E-state index in [1.54, 1.807) is 6.07 Å². The molecule has 94 valence electrons. The molecule has 1 heterocycles. The van der Waals surface area contributed by atoms with Crippen LogP contribution in [0.4, 0.5) is 0 Å². The molecule has 0 amide bonds. The summed E-state index contributed by atoms with van der Waals surface area (Å²) in [5.74, 6) is 0.881. The van der Waals surface area contributed by atoms with E-state index in [-0.39, 0.29) is 0 Å². The number of aromatic amines is 1. The maximum Gasteiger partial charge on any atom is 0.337 e. The number of fused-ring (bicyclic) bond motifs is 1. The van der Waals surface area contributed by atoms with Gasteiger partial charge < -0.3 is 10.1 Å². The summed E-state index contributed by atoms with van der Waals surface area (Å²) in [5, 5.41) is 9.23. The molecule has 0 bridgehead atoms. The average molecular weight is 244 g/mol. The lowest BCUT2D eigenvalue weighted by molar-refractivity contribution is 0.0699. The smallest absolute Gasteiger partial charge is 0.337 e. The van der Waals surface area contributed by atoms with Crippen LogP contribution in [-0.2, 0) is 0 Å². The Balaban J connectivity index is 2.27. The lowest BCUT2D eigenvalue weighted by Gasteiger charge is -2.07. The highest BCUT2D eigenvalue weighted by Crippen LogP contribution is 2.40. The molecule has 4 nitrogen and oxygen atoms in total. The highest BCUT2D eigenvalue weighted by atomic mass is 16.4. The maximum absolute atomic E-state index is 11.2. The Morgan fingerprint density at radius 3 is 2.72 bits per heavy atom. The van der Waals surface area contributed by atoms with Crippen LogP contribution < -0.4 is 0 Å². The molecule has 18 heavy (non-hydrogen) atoms. The monoisotopic (exact) mass is 244 g/mol. The van der Waals surface area contributed by atoms with Gasteiger partial charge in [-0.15, -0.1) is 0 Å². The Bertz CT molecular complexity index is 624. The highest BCUT2D eigenvalue weighted by molar-refractivity contribution is 6.02. The van der Waals surface area contributed by atoms with Crippen molar-refractivity contribution in [1.29, 1.82) is 0 Å². The normalized spacial score (nSPS) is 15.5. The van der Waals surface area contributed by atoms with Gasteiger partial charge in [-0.2, -0.15) is 0 Å². The van der Waals surface area contributed by atoms with Crippen molar-refractivity contribution in [3.63, 3.8) is 0 Å². The van der Waals surface area contributed by atoms with E-state index >= 15 is 0 Å². The lowest BCUT2D eigenvalue weighted by Crippen LogP contribution is -1.99. The number of aromatic nitrogens is 2. The third-order valence-electron chi connectivity index (χ3n) is 3.51. The van der Waals surface area contributed by atoms with Crippen LogP contribution in [0, 0.1) is 0 Å². The van der Waals surface area contributed by atoms with Crippen LogP contribution in [0.5, 0.6) is 0 Å². The van der Waals surface area contributed by atoms with E-state index in [1.807, 2.05) is 6.07 Å². The second-order valence-corrected chi connectivity index (χ2v) is 5.28. The number of H-pyrrole nitrogens is 1. The molecule has 0 unspecified atom stereocenters. The molecule has 4 heteroatoms. The van der Waals surface area contributed by atoms with Gasteiger partial charge in [0.1, 0.15) is 5.82 Å². The number of nitrogens with one attached hydrogen (secondary N) is 1. The summed E-state index contributed by atoms with van der Waals surface area (Å²) in [6.07, 6.45) is 2.30. The Hall–Kier alpha value is -1.84. The molecule has 0 saturated heterocycles. The molecule has 1 fully saturated rings. The minimum atomic E-state index is -0.902. The van der Waals surface area contributed by atoms with Gasteiger partial charge in [-0.25, -0.2) is 9.78 Å². The number of carbonyl (C=O) groups is 1. The third-order valence-corrected chi connectivity index (χ3v) is 3.51. The molecule has 0 atom stereocenters. The van der Waals surface area contributed by atoms with Crippen molar-refractivity contribution < 1.29 is 9.90 Å². The van der Waals surface area contributed by atoms with E-state index < -0.39 is 5.97 Å². The second kappa shape index (κ2) is 3.83. The lowest BCUT2D eigenvalue weighted by atomic mass is 9.99. The van der Waals surface area contributed by atoms with Crippen molar-refractivity contribution in [3.05, 3.63) is 29.1 Å². The topological polar surface area (TPSA) is 66.0 Å². The van der Waals surface area contributed by atoms with Gasteiger partial charge in [0.15, 0.2) is 0 Å². The number of hydrogen-bond acceptors (Lipinski definition) is 2. The fourth-order valence-electron chi connectivity index (χ4n) is 2.32. The van der Waals surface area contributed by atoms with Crippen molar-refractivity contribution in [3.8, 4) is 0 Å². The highest BCUT2D eigenvalue weighted by Gasteiger charge is 2.28. The SMILES string of the molecule is CC(C)c1ccc(C(=O)O)c2[nH]c(C3CC3)nc12. The standard InChI is InChI=1S/C14H16N2O2/c1-7(2)9-5-6-10(14(17)18)12-11(9)15-13(16-12)8-3-4-8/h5-8H,3-4H2,1-2H3,(H,15,16)(H,17,18). The van der Waals surface area contributed by atoms with Gasteiger partial charge in [0.25, 0.3) is 0 Å². The zero-order chi connectivity index (χ0) is 12.9. The summed E-state index contributed by atoms with van der Waals surface area (Å²) in [4.78, 5) is 19.1. The summed E-state index contributed by atoms with van der Waals surface area (Å²) in [6, 6.07) is 3.56. The van der Waals surface area contributed by atoms with Crippen LogP contribution in [0.15, 0.2) is 12.1 Å². The van der Waals surface area contributed by atoms with Gasteiger partial charge in [-0.05, 0) is 30.4 Å². The Morgan fingerprint density at radius 1 is 1.44 bits per heavy atom. The number of hydrogen-bond donors (Lipinski definition) is 2. The molecule has 3 rings (SSSR count). The fourth-order valence-corrected chi connectivity index (χ4v) is 2.32. The molecule has 0 spiro atoms. The van der Waals surface area contributed by atoms with Crippen LogP contribution in [0.1, 0.15) is 60.3 Å². The first-order valence-electron chi connectivity index (χ1n) is 6.33. The first-order chi connectivity index (χ1) is 8.58. The van der Waals surface area contributed by atoms with Crippen molar-refractivity contribution in [2.24, 2.45) is 0 Å². The van der Waals surface area contributed by atoms with Crippen molar-refractivity contribution in [1.82, 2.24) is 9.97 Å². The average Bonchev–Trinajstić information content (AvgIpc) is 3.06. The van der Waals surface area contributed by atoms with Crippen LogP contribution >= 0.6 is 0 Å². The largest absolute Gasteiger partial charge is 0.478 e. The molecule has 1 aromatic heterocycles. The minimum absolute atomic E-state index is 0.314. The molecule has 2 N–H and O–H groups in total. The molecular formula is C14H16N2O2. The first kappa shape index (κ1) is 11.3. The first-order valence-corrected chi connectivity index (χ1v) is 6.33. The number of rotatable bonds is 3. The van der Waals surface area contributed by atoms with E-state index in [9.17, 15) is 9.90 Å². The van der Waals surface area contributed by atoms with Crippen LogP contribution in [0.3, 0.4) is 0 Å². The van der Waals surface area contributed by atoms with Crippen LogP contribution in [0.25, 0.3) is 11.0 Å². The predicted molar refractivity (Wildman–Crippen MR) is 69.1 cm³/mol. The van der Waals surface area contributed by atoms with Crippen LogP contribution in [0.2, 0.25) is 0 Å². The van der Waals surface area contributed by atoms with Crippen LogP contribution in [-0.4, -0.2) is 21.0 Å². The van der Waals surface area contributed by atoms with Crippen molar-refractivity contribution in [2.75, 3.05) is 0 Å². The number of carboxylic acids is 1. The van der Waals surface area contributed by atoms with Crippen molar-refractivity contribution >= 4 is 17.0 Å². The Labute approximate surface area is 105 Å². The third kappa shape index (κ3) is 1.68. The minimum Gasteiger partial charge on any atom is -0.478 e. The van der Waals surface area contributed by atoms with E-state index in [1.165, 1.54) is 0 Å². The fraction of sp³-hybridized carbons (Fsp3) is 0.429. The molecule has 1 saturated carbocycles. The number of nitrogens with zero attached hydrogens (tertiary/aromatic N) is 1. The van der Waals surface area contributed by atoms with E-state index in [0.717, 1.165) is 29.7 Å². The van der Waals surface area contributed by atoms with E-state index in [2.05, 4.69) is 23.8 Å². The summed E-state index contributed by atoms with van der Waals surface area (Å²) in [5.41, 5.74) is 2.93. The van der Waals surface area contributed by atoms with Crippen molar-refractivity contribution in [2.45, 2.75) is 38.5 Å². The number of benzene rings is 1. The summed E-state index contributed by atoms with van der Waals surface area (Å²) in [7, 11) is 0. The quantitative estimate of drug-likeness (QED) is 0.870. The predicted octanol–water partition coefficient (Wildman–Crippen LogP) is 3.26. The van der Waals surface area contributed by atoms with Gasteiger partial charge in [0.2, 0.25) is 0 Å². The molecule has 0 aliphatic heterocycles. The summed E-state index contributed by atoms with van der Waals surface area (Å²) in [6.45, 7) is 4.20.